The van der Waals surface area contributed by atoms with Gasteiger partial charge in [-0.05, 0) is 22.4 Å². The number of aliphatic hydroxyl groups excluding tert-OH is 1. The highest BCUT2D eigenvalue weighted by Gasteiger charge is 2.08. The summed E-state index contributed by atoms with van der Waals surface area (Å²) in [5.74, 6) is 0. The molecule has 0 aliphatic heterocycles. The van der Waals surface area contributed by atoms with Crippen LogP contribution >= 0.6 is 15.9 Å². The van der Waals surface area contributed by atoms with Gasteiger partial charge in [-0.25, -0.2) is 4.68 Å². The predicted octanol–water partition coefficient (Wildman–Crippen LogP) is 1.12. The van der Waals surface area contributed by atoms with Gasteiger partial charge in [0.1, 0.15) is 4.47 Å². The molecule has 16 heavy (non-hydrogen) atoms. The molecule has 5 nitrogen and oxygen atoms in total. The number of aryl methyl sites for hydroxylation is 1. The lowest BCUT2D eigenvalue weighted by Crippen LogP contribution is -2.24. The van der Waals surface area contributed by atoms with Crippen LogP contribution in [0, 0.1) is 0 Å². The Kier molecular flexibility index (Phi) is 4.95. The van der Waals surface area contributed by atoms with E-state index in [0.717, 1.165) is 12.8 Å². The van der Waals surface area contributed by atoms with Crippen LogP contribution in [-0.4, -0.2) is 27.5 Å². The quantitative estimate of drug-likeness (QED) is 0.852. The van der Waals surface area contributed by atoms with Crippen molar-refractivity contribution >= 4 is 21.6 Å². The summed E-state index contributed by atoms with van der Waals surface area (Å²) >= 11 is 3.20. The lowest BCUT2D eigenvalue weighted by Gasteiger charge is -2.12. The van der Waals surface area contributed by atoms with Crippen molar-refractivity contribution in [1.82, 2.24) is 9.78 Å². The van der Waals surface area contributed by atoms with E-state index < -0.39 is 6.10 Å². The molecular formula is C10H16BrN3O2. The zero-order chi connectivity index (χ0) is 12.1. The number of halogens is 1. The molecule has 1 unspecified atom stereocenters. The molecule has 0 amide bonds. The normalized spacial score (nSPS) is 12.5. The first kappa shape index (κ1) is 13.2. The smallest absolute Gasteiger partial charge is 0.282 e. The largest absolute Gasteiger partial charge is 0.391 e. The van der Waals surface area contributed by atoms with Gasteiger partial charge in [0.2, 0.25) is 0 Å². The van der Waals surface area contributed by atoms with Crippen LogP contribution in [0.25, 0.3) is 0 Å². The van der Waals surface area contributed by atoms with E-state index >= 15 is 0 Å². The molecule has 0 aromatic carbocycles. The fraction of sp³-hybridized carbons (Fsp3) is 0.600. The van der Waals surface area contributed by atoms with Crippen molar-refractivity contribution in [2.75, 3.05) is 11.9 Å². The third-order valence-corrected chi connectivity index (χ3v) is 2.99. The molecule has 1 aromatic heterocycles. The monoisotopic (exact) mass is 289 g/mol. The number of hydrogen-bond acceptors (Lipinski definition) is 4. The molecule has 0 bridgehead atoms. The van der Waals surface area contributed by atoms with E-state index in [2.05, 4.69) is 26.3 Å². The van der Waals surface area contributed by atoms with Crippen LogP contribution in [0.3, 0.4) is 0 Å². The Morgan fingerprint density at radius 2 is 2.38 bits per heavy atom. The molecule has 0 saturated carbocycles. The summed E-state index contributed by atoms with van der Waals surface area (Å²) in [6.45, 7) is 2.43. The van der Waals surface area contributed by atoms with Gasteiger partial charge in [0, 0.05) is 13.6 Å². The number of anilines is 1. The summed E-state index contributed by atoms with van der Waals surface area (Å²) in [6.07, 6.45) is 2.83. The van der Waals surface area contributed by atoms with Gasteiger partial charge in [0.25, 0.3) is 5.56 Å². The molecule has 0 aliphatic carbocycles. The second-order valence-electron chi connectivity index (χ2n) is 3.62. The Morgan fingerprint density at radius 3 is 3.00 bits per heavy atom. The molecule has 1 aromatic rings. The maximum absolute atomic E-state index is 11.5. The fourth-order valence-corrected chi connectivity index (χ4v) is 1.80. The fourth-order valence-electron chi connectivity index (χ4n) is 1.30. The molecule has 1 rings (SSSR count). The van der Waals surface area contributed by atoms with E-state index in [4.69, 9.17) is 0 Å². The highest BCUT2D eigenvalue weighted by atomic mass is 79.9. The third kappa shape index (κ3) is 3.31. The summed E-state index contributed by atoms with van der Waals surface area (Å²) in [7, 11) is 1.59. The van der Waals surface area contributed by atoms with E-state index in [-0.39, 0.29) is 5.56 Å². The molecule has 0 saturated heterocycles. The maximum atomic E-state index is 11.5. The summed E-state index contributed by atoms with van der Waals surface area (Å²) in [6, 6.07) is 0. The lowest BCUT2D eigenvalue weighted by atomic mass is 10.2. The van der Waals surface area contributed by atoms with Gasteiger partial charge in [-0.1, -0.05) is 13.3 Å². The van der Waals surface area contributed by atoms with Crippen LogP contribution in [0.4, 0.5) is 5.69 Å². The van der Waals surface area contributed by atoms with Crippen molar-refractivity contribution in [3.8, 4) is 0 Å². The first-order valence-corrected chi connectivity index (χ1v) is 5.99. The SMILES string of the molecule is CCCC(O)CNc1cnn(C)c(=O)c1Br. The van der Waals surface area contributed by atoms with E-state index in [0.29, 0.717) is 16.7 Å². The van der Waals surface area contributed by atoms with Gasteiger partial charge >= 0.3 is 0 Å². The molecule has 0 fully saturated rings. The Morgan fingerprint density at radius 1 is 1.69 bits per heavy atom. The minimum atomic E-state index is -0.402. The van der Waals surface area contributed by atoms with Gasteiger partial charge in [0.05, 0.1) is 18.0 Å². The number of aromatic nitrogens is 2. The van der Waals surface area contributed by atoms with Crippen LogP contribution < -0.4 is 10.9 Å². The molecular weight excluding hydrogens is 274 g/mol. The number of nitrogens with one attached hydrogen (secondary N) is 1. The van der Waals surface area contributed by atoms with Gasteiger partial charge in [-0.15, -0.1) is 0 Å². The van der Waals surface area contributed by atoms with E-state index in [9.17, 15) is 9.90 Å². The summed E-state index contributed by atoms with van der Waals surface area (Å²) in [4.78, 5) is 11.5. The van der Waals surface area contributed by atoms with Crippen molar-refractivity contribution in [3.05, 3.63) is 21.0 Å². The molecule has 90 valence electrons. The van der Waals surface area contributed by atoms with Crippen LogP contribution in [0.5, 0.6) is 0 Å². The van der Waals surface area contributed by atoms with Crippen LogP contribution in [0.2, 0.25) is 0 Å². The lowest BCUT2D eigenvalue weighted by molar-refractivity contribution is 0.176. The highest BCUT2D eigenvalue weighted by molar-refractivity contribution is 9.10. The Bertz CT molecular complexity index is 406. The molecule has 1 heterocycles. The minimum absolute atomic E-state index is 0.199. The molecule has 0 aliphatic rings. The Balaban J connectivity index is 2.68. The second kappa shape index (κ2) is 6.00. The van der Waals surface area contributed by atoms with Crippen molar-refractivity contribution in [2.24, 2.45) is 7.05 Å². The van der Waals surface area contributed by atoms with Gasteiger partial charge in [-0.2, -0.15) is 5.10 Å². The van der Waals surface area contributed by atoms with Crippen molar-refractivity contribution in [2.45, 2.75) is 25.9 Å². The third-order valence-electron chi connectivity index (χ3n) is 2.23. The zero-order valence-corrected chi connectivity index (χ0v) is 11.0. The zero-order valence-electron chi connectivity index (χ0n) is 9.40. The average Bonchev–Trinajstić information content (AvgIpc) is 2.25. The molecule has 0 radical (unpaired) electrons. The van der Waals surface area contributed by atoms with Crippen molar-refractivity contribution in [3.63, 3.8) is 0 Å². The van der Waals surface area contributed by atoms with Crippen LogP contribution in [0.15, 0.2) is 15.5 Å². The molecule has 6 heteroatoms. The standard InChI is InChI=1S/C10H16BrN3O2/c1-3-4-7(15)5-12-8-6-13-14(2)10(16)9(8)11/h6-7,12,15H,3-5H2,1-2H3. The van der Waals surface area contributed by atoms with E-state index in [1.54, 1.807) is 13.2 Å². The maximum Gasteiger partial charge on any atom is 0.282 e. The number of rotatable bonds is 5. The predicted molar refractivity (Wildman–Crippen MR) is 66.6 cm³/mol. The van der Waals surface area contributed by atoms with Crippen LogP contribution in [0.1, 0.15) is 19.8 Å². The Labute approximate surface area is 103 Å². The summed E-state index contributed by atoms with van der Waals surface area (Å²) in [5, 5.41) is 16.4. The topological polar surface area (TPSA) is 67.2 Å². The van der Waals surface area contributed by atoms with Crippen LogP contribution in [-0.2, 0) is 7.05 Å². The molecule has 2 N–H and O–H groups in total. The number of hydrogen-bond donors (Lipinski definition) is 2. The van der Waals surface area contributed by atoms with Gasteiger partial charge in [0.15, 0.2) is 0 Å². The minimum Gasteiger partial charge on any atom is -0.391 e. The molecule has 1 atom stereocenters. The van der Waals surface area contributed by atoms with E-state index in [1.165, 1.54) is 4.68 Å². The first-order chi connectivity index (χ1) is 7.56. The van der Waals surface area contributed by atoms with Crippen molar-refractivity contribution in [1.29, 1.82) is 0 Å². The number of aliphatic hydroxyl groups is 1. The first-order valence-electron chi connectivity index (χ1n) is 5.20. The number of nitrogens with zero attached hydrogens (tertiary/aromatic N) is 2. The van der Waals surface area contributed by atoms with Gasteiger partial charge in [-0.3, -0.25) is 4.79 Å². The van der Waals surface area contributed by atoms with Crippen molar-refractivity contribution < 1.29 is 5.11 Å². The van der Waals surface area contributed by atoms with Gasteiger partial charge < -0.3 is 10.4 Å². The summed E-state index contributed by atoms with van der Waals surface area (Å²) < 4.78 is 1.69. The average molecular weight is 290 g/mol. The van der Waals surface area contributed by atoms with E-state index in [1.807, 2.05) is 6.92 Å². The highest BCUT2D eigenvalue weighted by Crippen LogP contribution is 2.15. The summed E-state index contributed by atoms with van der Waals surface area (Å²) in [5.41, 5.74) is 0.410. The molecule has 0 spiro atoms. The Hall–Kier alpha value is -0.880. The second-order valence-corrected chi connectivity index (χ2v) is 4.42.